The van der Waals surface area contributed by atoms with Crippen molar-refractivity contribution in [2.45, 2.75) is 46.0 Å². The summed E-state index contributed by atoms with van der Waals surface area (Å²) in [6, 6.07) is 0. The Labute approximate surface area is 128 Å². The summed E-state index contributed by atoms with van der Waals surface area (Å²) < 4.78 is 0. The highest BCUT2D eigenvalue weighted by atomic mass is 16.2. The van der Waals surface area contributed by atoms with Crippen LogP contribution in [-0.2, 0) is 0 Å². The third-order valence-corrected chi connectivity index (χ3v) is 7.16. The zero-order chi connectivity index (χ0) is 14.7. The molecule has 0 aromatic heterocycles. The first-order chi connectivity index (χ1) is 10.1. The van der Waals surface area contributed by atoms with E-state index in [1.165, 1.54) is 36.7 Å². The average Bonchev–Trinajstić information content (AvgIpc) is 2.83. The molecule has 112 valence electrons. The highest BCUT2D eigenvalue weighted by molar-refractivity contribution is 5.41. The smallest absolute Gasteiger partial charge is 0.0789 e. The van der Waals surface area contributed by atoms with E-state index >= 15 is 0 Å². The van der Waals surface area contributed by atoms with Gasteiger partial charge in [0.15, 0.2) is 0 Å². The van der Waals surface area contributed by atoms with E-state index in [4.69, 9.17) is 0 Å². The van der Waals surface area contributed by atoms with E-state index in [-0.39, 0.29) is 10.8 Å². The van der Waals surface area contributed by atoms with Crippen molar-refractivity contribution in [2.75, 3.05) is 0 Å². The lowest BCUT2D eigenvalue weighted by Gasteiger charge is -2.54. The zero-order valence-corrected chi connectivity index (χ0v) is 13.2. The van der Waals surface area contributed by atoms with Gasteiger partial charge in [-0.3, -0.25) is 0 Å². The van der Waals surface area contributed by atoms with Gasteiger partial charge in [0.2, 0.25) is 0 Å². The van der Waals surface area contributed by atoms with Gasteiger partial charge in [0, 0.05) is 5.41 Å². The number of rotatable bonds is 0. The van der Waals surface area contributed by atoms with Crippen molar-refractivity contribution in [3.8, 4) is 0 Å². The predicted molar refractivity (Wildman–Crippen MR) is 86.8 cm³/mol. The second-order valence-electron chi connectivity index (χ2n) is 7.88. The van der Waals surface area contributed by atoms with E-state index in [0.717, 1.165) is 18.8 Å². The molecule has 0 spiro atoms. The van der Waals surface area contributed by atoms with Crippen LogP contribution < -0.4 is 0 Å². The Kier molecular flexibility index (Phi) is 2.80. The van der Waals surface area contributed by atoms with Gasteiger partial charge < -0.3 is 5.11 Å². The number of hydrogen-bond acceptors (Lipinski definition) is 1. The van der Waals surface area contributed by atoms with Crippen LogP contribution in [0.2, 0.25) is 0 Å². The van der Waals surface area contributed by atoms with Crippen LogP contribution in [0, 0.1) is 28.6 Å². The molecule has 1 N–H and O–H groups in total. The molecule has 0 aliphatic heterocycles. The minimum absolute atomic E-state index is 0.232. The van der Waals surface area contributed by atoms with E-state index in [9.17, 15) is 5.11 Å². The number of fused-ring (bicyclic) bond motifs is 5. The summed E-state index contributed by atoms with van der Waals surface area (Å²) in [6.07, 6.45) is 19.5. The molecule has 0 aromatic rings. The molecular weight excluding hydrogens is 256 g/mol. The fraction of sp³-hybridized carbons (Fsp3) is 0.600. The maximum Gasteiger partial charge on any atom is 0.0789 e. The second-order valence-corrected chi connectivity index (χ2v) is 7.88. The van der Waals surface area contributed by atoms with Gasteiger partial charge in [-0.25, -0.2) is 0 Å². The van der Waals surface area contributed by atoms with Gasteiger partial charge in [-0.1, -0.05) is 44.2 Å². The van der Waals surface area contributed by atoms with Crippen molar-refractivity contribution in [1.82, 2.24) is 0 Å². The molecule has 4 aliphatic rings. The molecule has 0 radical (unpaired) electrons. The number of aliphatic hydroxyl groups excluding tert-OH is 1. The number of allylic oxidation sites excluding steroid dienone is 7. The topological polar surface area (TPSA) is 20.2 Å². The zero-order valence-electron chi connectivity index (χ0n) is 13.2. The summed E-state index contributed by atoms with van der Waals surface area (Å²) >= 11 is 0. The molecule has 21 heavy (non-hydrogen) atoms. The standard InChI is InChI=1S/C20H26O/c1-19-11-4-3-5-14(19)6-8-16-17-9-7-15(13-21)20(17,2)12-10-18(16)19/h4-6,8,11,13,16-18,21H,3,7,9-10,12H2,1-2H3/t16-,17-,18-,19-,20+/m0/s1. The van der Waals surface area contributed by atoms with Gasteiger partial charge in [0.1, 0.15) is 0 Å². The van der Waals surface area contributed by atoms with Gasteiger partial charge >= 0.3 is 0 Å². The number of hydrogen-bond donors (Lipinski definition) is 1. The third kappa shape index (κ3) is 1.64. The fourth-order valence-corrected chi connectivity index (χ4v) is 5.85. The van der Waals surface area contributed by atoms with Crippen LogP contribution >= 0.6 is 0 Å². The molecule has 0 bridgehead atoms. The van der Waals surface area contributed by atoms with E-state index < -0.39 is 0 Å². The summed E-state index contributed by atoms with van der Waals surface area (Å²) in [4.78, 5) is 0. The Bertz CT molecular complexity index is 579. The van der Waals surface area contributed by atoms with Crippen LogP contribution in [0.25, 0.3) is 0 Å². The van der Waals surface area contributed by atoms with Crippen LogP contribution in [0.5, 0.6) is 0 Å². The monoisotopic (exact) mass is 282 g/mol. The van der Waals surface area contributed by atoms with Crippen molar-refractivity contribution in [3.05, 3.63) is 47.8 Å². The van der Waals surface area contributed by atoms with Crippen molar-refractivity contribution in [3.63, 3.8) is 0 Å². The molecule has 0 saturated heterocycles. The molecule has 2 saturated carbocycles. The maximum atomic E-state index is 9.60. The van der Waals surface area contributed by atoms with Crippen LogP contribution in [-0.4, -0.2) is 5.11 Å². The van der Waals surface area contributed by atoms with Gasteiger partial charge in [0.05, 0.1) is 6.26 Å². The first-order valence-electron chi connectivity index (χ1n) is 8.50. The maximum absolute atomic E-state index is 9.60. The number of aliphatic hydroxyl groups is 1. The molecule has 0 unspecified atom stereocenters. The lowest BCUT2D eigenvalue weighted by molar-refractivity contribution is 0.0418. The van der Waals surface area contributed by atoms with Gasteiger partial charge in [-0.2, -0.15) is 0 Å². The van der Waals surface area contributed by atoms with Gasteiger partial charge in [-0.15, -0.1) is 0 Å². The molecule has 0 amide bonds. The van der Waals surface area contributed by atoms with E-state index in [1.54, 1.807) is 0 Å². The lowest BCUT2D eigenvalue weighted by Crippen LogP contribution is -2.46. The fourth-order valence-electron chi connectivity index (χ4n) is 5.85. The molecule has 4 rings (SSSR count). The van der Waals surface area contributed by atoms with Gasteiger partial charge in [-0.05, 0) is 66.4 Å². The van der Waals surface area contributed by atoms with E-state index in [1.807, 2.05) is 0 Å². The second kappa shape index (κ2) is 4.38. The molecule has 1 heteroatoms. The molecule has 0 aromatic carbocycles. The van der Waals surface area contributed by atoms with Crippen molar-refractivity contribution in [1.29, 1.82) is 0 Å². The summed E-state index contributed by atoms with van der Waals surface area (Å²) in [6.45, 7) is 4.83. The molecule has 5 atom stereocenters. The molecule has 1 nitrogen and oxygen atoms in total. The molecule has 0 heterocycles. The van der Waals surface area contributed by atoms with Crippen LogP contribution in [0.1, 0.15) is 46.0 Å². The minimum atomic E-state index is 0.232. The van der Waals surface area contributed by atoms with Crippen LogP contribution in [0.3, 0.4) is 0 Å². The molecule has 4 aliphatic carbocycles. The quantitative estimate of drug-likeness (QED) is 0.470. The third-order valence-electron chi connectivity index (χ3n) is 7.16. The summed E-state index contributed by atoms with van der Waals surface area (Å²) in [7, 11) is 0. The lowest BCUT2D eigenvalue weighted by atomic mass is 9.50. The Balaban J connectivity index is 1.76. The predicted octanol–water partition coefficient (Wildman–Crippen LogP) is 5.33. The van der Waals surface area contributed by atoms with Gasteiger partial charge in [0.25, 0.3) is 0 Å². The first kappa shape index (κ1) is 13.4. The Morgan fingerprint density at radius 1 is 1.24 bits per heavy atom. The highest BCUT2D eigenvalue weighted by Gasteiger charge is 2.55. The summed E-state index contributed by atoms with van der Waals surface area (Å²) in [5.41, 5.74) is 3.30. The van der Waals surface area contributed by atoms with Crippen molar-refractivity contribution < 1.29 is 5.11 Å². The minimum Gasteiger partial charge on any atom is -0.516 e. The van der Waals surface area contributed by atoms with Crippen LogP contribution in [0.4, 0.5) is 0 Å². The SMILES string of the molecule is C[C@]12C=CCC=C1C=C[C@@H]1[C@@H]2CC[C@]2(C)C(=CO)CC[C@@H]12. The largest absolute Gasteiger partial charge is 0.516 e. The van der Waals surface area contributed by atoms with Crippen molar-refractivity contribution >= 4 is 0 Å². The Hall–Kier alpha value is -1.24. The van der Waals surface area contributed by atoms with Crippen molar-refractivity contribution in [2.24, 2.45) is 28.6 Å². The molecule has 2 fully saturated rings. The normalized spacial score (nSPS) is 49.5. The highest BCUT2D eigenvalue weighted by Crippen LogP contribution is 2.64. The Morgan fingerprint density at radius 3 is 2.90 bits per heavy atom. The summed E-state index contributed by atoms with van der Waals surface area (Å²) in [5, 5.41) is 9.60. The Morgan fingerprint density at radius 2 is 2.10 bits per heavy atom. The van der Waals surface area contributed by atoms with Crippen LogP contribution in [0.15, 0.2) is 47.8 Å². The average molecular weight is 282 g/mol. The molecular formula is C20H26O. The van der Waals surface area contributed by atoms with E-state index in [0.29, 0.717) is 11.8 Å². The summed E-state index contributed by atoms with van der Waals surface area (Å²) in [5.74, 6) is 2.12. The first-order valence-corrected chi connectivity index (χ1v) is 8.50. The van der Waals surface area contributed by atoms with E-state index in [2.05, 4.69) is 44.2 Å².